The Hall–Kier alpha value is -3.45. The maximum Gasteiger partial charge on any atom is 1.00 e. The molecular formula is C37H36ClF2K2N4O11. The second-order valence-electron chi connectivity index (χ2n) is 10.2. The fourth-order valence-corrected chi connectivity index (χ4v) is 3.99. The number of carbonyl (C=O) groups is 5. The molecule has 0 aliphatic carbocycles. The van der Waals surface area contributed by atoms with Gasteiger partial charge < -0.3 is 29.7 Å². The van der Waals surface area contributed by atoms with Gasteiger partial charge in [0.1, 0.15) is 29.7 Å². The molecule has 4 aromatic rings. The van der Waals surface area contributed by atoms with Crippen molar-refractivity contribution in [3.63, 3.8) is 0 Å². The second-order valence-corrected chi connectivity index (χ2v) is 10.4. The number of benzene rings is 4. The monoisotopic (exact) mass is 863 g/mol. The molecule has 1 radical (unpaired) electrons. The Morgan fingerprint density at radius 1 is 0.737 bits per heavy atom. The van der Waals surface area contributed by atoms with Crippen molar-refractivity contribution in [2.75, 3.05) is 24.9 Å². The fourth-order valence-electron chi connectivity index (χ4n) is 3.75. The van der Waals surface area contributed by atoms with Crippen LogP contribution in [-0.2, 0) is 36.5 Å². The van der Waals surface area contributed by atoms with E-state index in [1.54, 1.807) is 30.3 Å². The zero-order valence-electron chi connectivity index (χ0n) is 31.8. The Labute approximate surface area is 416 Å². The largest absolute Gasteiger partial charge is 1.00 e. The van der Waals surface area contributed by atoms with Crippen LogP contribution in [0.4, 0.5) is 29.7 Å². The van der Waals surface area contributed by atoms with E-state index in [4.69, 9.17) is 31.7 Å². The topological polar surface area (TPSA) is 214 Å². The number of nitrogens with zero attached hydrogens (tertiary/aromatic N) is 2. The SMILES string of the molecule is C/C(=N\O)C(=O)c1ccc(F)cc1.COC(=O)Nc1ccccc1CCl.COC(=O)Nc1ccccc1CO/N=C(\C)C(=O)c1ccc(F)cc1.O=CO[O-].[K+].[K]. The number of carbonyl (C=O) groups excluding carboxylic acids is 5. The Morgan fingerprint density at radius 3 is 1.51 bits per heavy atom. The number of amides is 2. The van der Waals surface area contributed by atoms with Gasteiger partial charge >= 0.3 is 63.6 Å². The number of ketones is 2. The molecule has 0 bridgehead atoms. The van der Waals surface area contributed by atoms with Crippen LogP contribution in [0.2, 0.25) is 0 Å². The number of ether oxygens (including phenoxy) is 2. The van der Waals surface area contributed by atoms with Gasteiger partial charge in [0, 0.05) is 79.6 Å². The summed E-state index contributed by atoms with van der Waals surface area (Å²) >= 11 is 5.67. The molecular weight excluding hydrogens is 828 g/mol. The summed E-state index contributed by atoms with van der Waals surface area (Å²) in [6.07, 6.45) is -1.09. The quantitative estimate of drug-likeness (QED) is 0.0291. The van der Waals surface area contributed by atoms with Gasteiger partial charge in [0.05, 0.1) is 19.9 Å². The molecule has 4 aromatic carbocycles. The van der Waals surface area contributed by atoms with Crippen molar-refractivity contribution in [3.8, 4) is 0 Å². The molecule has 0 fully saturated rings. The standard InChI is InChI=1S/C18H17FN2O4.C9H10ClNO2.C9H8FNO2.CH2O3.2K/c1-12(17(22)13-7-9-15(19)10-8-13)21-25-11-14-5-3-4-6-16(14)20-18(23)24-2;1-13-9(12)11-8-5-3-2-4-7(8)6-10;1-6(11-13)9(12)7-2-4-8(10)5-3-7;2-1-4-3;;/h3-10H,11H2,1-2H3,(H,20,23);2-5H,6H2,1H3,(H,11,12);2-5,13H,1H3;1,3H;;/q;;;;;+1/p-1/b21-12+;;11-6+;;;. The number of nitrogens with one attached hydrogen (secondary N) is 2. The van der Waals surface area contributed by atoms with Crippen LogP contribution in [0, 0.1) is 11.6 Å². The minimum atomic E-state index is -0.599. The van der Waals surface area contributed by atoms with Crippen molar-refractivity contribution in [1.82, 2.24) is 0 Å². The predicted octanol–water partition coefficient (Wildman–Crippen LogP) is 3.30. The molecule has 15 nitrogen and oxygen atoms in total. The van der Waals surface area contributed by atoms with Crippen molar-refractivity contribution < 1.29 is 114 Å². The van der Waals surface area contributed by atoms with E-state index in [1.165, 1.54) is 76.6 Å². The van der Waals surface area contributed by atoms with Gasteiger partial charge in [-0.25, -0.2) is 18.4 Å². The molecule has 0 aromatic heterocycles. The van der Waals surface area contributed by atoms with Gasteiger partial charge in [0.25, 0.3) is 6.47 Å². The molecule has 0 saturated carbocycles. The number of Topliss-reactive ketones (excluding diaryl/α,β-unsaturated/α-hetero) is 2. The first-order valence-corrected chi connectivity index (χ1v) is 16.0. The number of alkyl halides is 1. The number of hydrogen-bond donors (Lipinski definition) is 3. The molecule has 0 aliphatic rings. The number of halogens is 3. The summed E-state index contributed by atoms with van der Waals surface area (Å²) in [4.78, 5) is 62.1. The molecule has 293 valence electrons. The minimum absolute atomic E-state index is 0. The second kappa shape index (κ2) is 32.5. The van der Waals surface area contributed by atoms with Crippen LogP contribution in [0.15, 0.2) is 107 Å². The van der Waals surface area contributed by atoms with Gasteiger partial charge in [-0.15, -0.1) is 11.6 Å². The van der Waals surface area contributed by atoms with Crippen LogP contribution in [-0.4, -0.2) is 112 Å². The van der Waals surface area contributed by atoms with Crippen molar-refractivity contribution >= 4 is 116 Å². The van der Waals surface area contributed by atoms with E-state index >= 15 is 0 Å². The third-order valence-corrected chi connectivity index (χ3v) is 6.79. The average molecular weight is 864 g/mol. The van der Waals surface area contributed by atoms with E-state index in [1.807, 2.05) is 18.2 Å². The first-order chi connectivity index (χ1) is 26.3. The fraction of sp³-hybridized carbons (Fsp3) is 0.162. The summed E-state index contributed by atoms with van der Waals surface area (Å²) in [5.74, 6) is -1.24. The molecule has 0 spiro atoms. The Balaban J connectivity index is 0. The Morgan fingerprint density at radius 2 is 1.12 bits per heavy atom. The van der Waals surface area contributed by atoms with Gasteiger partial charge in [-0.3, -0.25) is 25.0 Å². The van der Waals surface area contributed by atoms with Crippen molar-refractivity contribution in [2.45, 2.75) is 26.3 Å². The number of anilines is 2. The number of rotatable bonds is 11. The summed E-state index contributed by atoms with van der Waals surface area (Å²) in [6, 6.07) is 24.5. The van der Waals surface area contributed by atoms with Crippen LogP contribution in [0.25, 0.3) is 0 Å². The zero-order chi connectivity index (χ0) is 41.2. The van der Waals surface area contributed by atoms with Crippen molar-refractivity contribution in [2.24, 2.45) is 10.3 Å². The minimum Gasteiger partial charge on any atom is -0.662 e. The van der Waals surface area contributed by atoms with E-state index < -0.39 is 29.6 Å². The zero-order valence-corrected chi connectivity index (χ0v) is 38.8. The number of methoxy groups -OCH3 is 2. The summed E-state index contributed by atoms with van der Waals surface area (Å²) in [7, 11) is 2.59. The number of para-hydroxylation sites is 2. The smallest absolute Gasteiger partial charge is 0.662 e. The normalized spacial score (nSPS) is 9.89. The molecule has 57 heavy (non-hydrogen) atoms. The maximum absolute atomic E-state index is 12.9. The molecule has 20 heteroatoms. The van der Waals surface area contributed by atoms with E-state index in [2.05, 4.69) is 35.3 Å². The van der Waals surface area contributed by atoms with Crippen LogP contribution in [0.1, 0.15) is 45.7 Å². The molecule has 2 amide bonds. The molecule has 0 heterocycles. The third kappa shape index (κ3) is 22.3. The van der Waals surface area contributed by atoms with E-state index in [0.29, 0.717) is 33.9 Å². The van der Waals surface area contributed by atoms with Gasteiger partial charge in [0.2, 0.25) is 11.6 Å². The van der Waals surface area contributed by atoms with Crippen LogP contribution in [0.3, 0.4) is 0 Å². The van der Waals surface area contributed by atoms with Gasteiger partial charge in [-0.1, -0.05) is 46.7 Å². The molecule has 3 N–H and O–H groups in total. The maximum atomic E-state index is 12.9. The number of hydrogen-bond acceptors (Lipinski definition) is 13. The van der Waals surface area contributed by atoms with E-state index in [0.717, 1.165) is 5.56 Å². The summed E-state index contributed by atoms with van der Waals surface area (Å²) < 4.78 is 34.3. The van der Waals surface area contributed by atoms with Crippen LogP contribution >= 0.6 is 11.6 Å². The van der Waals surface area contributed by atoms with Crippen molar-refractivity contribution in [3.05, 3.63) is 131 Å². The number of oxime groups is 2. The molecule has 0 aliphatic heterocycles. The van der Waals surface area contributed by atoms with Gasteiger partial charge in [0.15, 0.2) is 0 Å². The van der Waals surface area contributed by atoms with E-state index in [-0.39, 0.29) is 133 Å². The summed E-state index contributed by atoms with van der Waals surface area (Å²) in [5, 5.41) is 28.4. The summed E-state index contributed by atoms with van der Waals surface area (Å²) in [6.45, 7) is 2.75. The first kappa shape index (κ1) is 55.7. The van der Waals surface area contributed by atoms with Crippen LogP contribution in [0.5, 0.6) is 0 Å². The van der Waals surface area contributed by atoms with Crippen molar-refractivity contribution in [1.29, 1.82) is 0 Å². The first-order valence-electron chi connectivity index (χ1n) is 15.4. The molecule has 0 atom stereocenters. The molecule has 4 rings (SSSR count). The Bertz CT molecular complexity index is 1920. The van der Waals surface area contributed by atoms with Gasteiger partial charge in [-0.2, -0.15) is 0 Å². The van der Waals surface area contributed by atoms with E-state index in [9.17, 15) is 28.0 Å². The average Bonchev–Trinajstić information content (AvgIpc) is 3.21. The van der Waals surface area contributed by atoms with Gasteiger partial charge in [-0.05, 0) is 80.1 Å². The third-order valence-electron chi connectivity index (χ3n) is 6.50. The predicted molar refractivity (Wildman–Crippen MR) is 202 cm³/mol. The molecule has 0 unspecified atom stereocenters. The molecule has 0 saturated heterocycles. The van der Waals surface area contributed by atoms with Crippen LogP contribution < -0.4 is 67.3 Å². The Kier molecular flexibility index (Phi) is 31.7. The summed E-state index contributed by atoms with van der Waals surface area (Å²) in [5.41, 5.74) is 3.47.